The van der Waals surface area contributed by atoms with E-state index < -0.39 is 18.5 Å². The monoisotopic (exact) mass is 603 g/mol. The normalized spacial score (nSPS) is 20.6. The third-order valence-electron chi connectivity index (χ3n) is 8.93. The molecule has 2 saturated heterocycles. The van der Waals surface area contributed by atoms with Crippen molar-refractivity contribution in [3.8, 4) is 0 Å². The van der Waals surface area contributed by atoms with Crippen LogP contribution in [-0.4, -0.2) is 66.4 Å². The molecular formula is C31H37F4N5O3. The van der Waals surface area contributed by atoms with Crippen molar-refractivity contribution in [3.05, 3.63) is 52.6 Å². The van der Waals surface area contributed by atoms with Gasteiger partial charge >= 0.3 is 6.18 Å². The van der Waals surface area contributed by atoms with E-state index in [0.29, 0.717) is 58.6 Å². The summed E-state index contributed by atoms with van der Waals surface area (Å²) >= 11 is 0. The molecule has 1 atom stereocenters. The summed E-state index contributed by atoms with van der Waals surface area (Å²) in [6, 6.07) is 7.09. The summed E-state index contributed by atoms with van der Waals surface area (Å²) in [5, 5.41) is 13.5. The van der Waals surface area contributed by atoms with Crippen LogP contribution in [0.4, 0.5) is 23.4 Å². The van der Waals surface area contributed by atoms with Crippen LogP contribution in [0.2, 0.25) is 0 Å². The van der Waals surface area contributed by atoms with E-state index in [0.717, 1.165) is 45.2 Å². The molecule has 0 N–H and O–H groups in total. The van der Waals surface area contributed by atoms with E-state index in [1.165, 1.54) is 0 Å². The van der Waals surface area contributed by atoms with Crippen molar-refractivity contribution >= 4 is 22.3 Å². The average molecular weight is 604 g/mol. The second kappa shape index (κ2) is 12.5. The fourth-order valence-corrected chi connectivity index (χ4v) is 6.93. The van der Waals surface area contributed by atoms with E-state index in [-0.39, 0.29) is 30.4 Å². The molecule has 0 bridgehead atoms. The fraction of sp³-hybridized carbons (Fsp3) is 0.581. The number of aromatic nitrogens is 4. The lowest BCUT2D eigenvalue weighted by atomic mass is 9.91. The van der Waals surface area contributed by atoms with E-state index in [1.807, 2.05) is 6.07 Å². The summed E-state index contributed by atoms with van der Waals surface area (Å²) in [6.45, 7) is 2.05. The number of rotatable bonds is 7. The zero-order valence-electron chi connectivity index (χ0n) is 24.5. The molecule has 3 aromatic rings. The predicted molar refractivity (Wildman–Crippen MR) is 153 cm³/mol. The van der Waals surface area contributed by atoms with Crippen LogP contribution in [0, 0.1) is 11.9 Å². The fourth-order valence-electron chi connectivity index (χ4n) is 6.93. The summed E-state index contributed by atoms with van der Waals surface area (Å²) < 4.78 is 75.3. The van der Waals surface area contributed by atoms with Gasteiger partial charge in [-0.25, -0.2) is 4.68 Å². The van der Waals surface area contributed by atoms with Crippen molar-refractivity contribution in [1.29, 1.82) is 0 Å². The van der Waals surface area contributed by atoms with Gasteiger partial charge in [-0.05, 0) is 80.7 Å². The van der Waals surface area contributed by atoms with Gasteiger partial charge in [-0.1, -0.05) is 11.6 Å². The number of hydrogen-bond donors (Lipinski definition) is 0. The largest absolute Gasteiger partial charge is 0.392 e. The first kappa shape index (κ1) is 30.0. The van der Waals surface area contributed by atoms with Crippen molar-refractivity contribution in [1.82, 2.24) is 20.0 Å². The molecule has 43 heavy (non-hydrogen) atoms. The minimum absolute atomic E-state index is 0.226. The number of hydrogen-bond acceptors (Lipinski definition) is 7. The number of piperidine rings is 1. The Kier molecular flexibility index (Phi) is 8.70. The number of fused-ring (bicyclic) bond motifs is 3. The van der Waals surface area contributed by atoms with E-state index in [2.05, 4.69) is 20.2 Å². The Bertz CT molecular complexity index is 1450. The quantitative estimate of drug-likeness (QED) is 0.223. The second-order valence-corrected chi connectivity index (χ2v) is 11.6. The standard InChI is InChI=1S/C31H37F4N5O3/c1-41-30(42-2)19-13-15-39(16-14-19)25-12-10-23(36-37-25)27-20(18-31(33,34)35)6-5-7-21-22(27)9-11-24-28(21)29(32)38-40(24)26-8-3-4-17-43-26/h9-12,19,26,30H,3-8,13-18H2,1-2H3. The summed E-state index contributed by atoms with van der Waals surface area (Å²) in [4.78, 5) is 2.11. The number of allylic oxidation sites excluding steroid dienone is 1. The van der Waals surface area contributed by atoms with Gasteiger partial charge in [0.2, 0.25) is 5.95 Å². The van der Waals surface area contributed by atoms with E-state index in [1.54, 1.807) is 37.1 Å². The van der Waals surface area contributed by atoms with Crippen molar-refractivity contribution in [2.45, 2.75) is 76.5 Å². The maximum atomic E-state index is 15.5. The molecule has 2 aromatic heterocycles. The Labute approximate surface area is 248 Å². The number of aryl methyl sites for hydroxylation is 1. The van der Waals surface area contributed by atoms with Crippen molar-refractivity contribution in [2.75, 3.05) is 38.8 Å². The number of halogens is 4. The molecule has 0 radical (unpaired) electrons. The molecule has 1 unspecified atom stereocenters. The van der Waals surface area contributed by atoms with Gasteiger partial charge in [0.25, 0.3) is 0 Å². The smallest absolute Gasteiger partial charge is 0.356 e. The minimum Gasteiger partial charge on any atom is -0.356 e. The van der Waals surface area contributed by atoms with Gasteiger partial charge in [-0.2, -0.15) is 17.6 Å². The van der Waals surface area contributed by atoms with E-state index in [4.69, 9.17) is 14.2 Å². The molecule has 8 nitrogen and oxygen atoms in total. The number of nitrogens with zero attached hydrogens (tertiary/aromatic N) is 5. The third-order valence-corrected chi connectivity index (χ3v) is 8.93. The molecule has 2 aliphatic heterocycles. The highest BCUT2D eigenvalue weighted by Crippen LogP contribution is 2.42. The van der Waals surface area contributed by atoms with Gasteiger partial charge in [0, 0.05) is 45.4 Å². The van der Waals surface area contributed by atoms with E-state index in [9.17, 15) is 13.2 Å². The summed E-state index contributed by atoms with van der Waals surface area (Å²) in [5.41, 5.74) is 2.78. The van der Waals surface area contributed by atoms with Crippen LogP contribution in [0.25, 0.3) is 16.5 Å². The number of anilines is 1. The van der Waals surface area contributed by atoms with Crippen LogP contribution >= 0.6 is 0 Å². The molecule has 1 aromatic carbocycles. The average Bonchev–Trinajstić information content (AvgIpc) is 3.24. The zero-order chi connectivity index (χ0) is 30.1. The number of benzene rings is 1. The molecule has 6 rings (SSSR count). The first-order chi connectivity index (χ1) is 20.8. The molecule has 0 saturated carbocycles. The van der Waals surface area contributed by atoms with Gasteiger partial charge in [0.1, 0.15) is 0 Å². The van der Waals surface area contributed by atoms with Gasteiger partial charge in [0.05, 0.1) is 23.0 Å². The van der Waals surface area contributed by atoms with Crippen LogP contribution < -0.4 is 4.90 Å². The molecule has 4 heterocycles. The number of ether oxygens (including phenoxy) is 3. The van der Waals surface area contributed by atoms with Gasteiger partial charge in [-0.15, -0.1) is 15.3 Å². The van der Waals surface area contributed by atoms with Gasteiger partial charge in [-0.3, -0.25) is 0 Å². The lowest BCUT2D eigenvalue weighted by Gasteiger charge is -2.35. The highest BCUT2D eigenvalue weighted by Gasteiger charge is 2.34. The van der Waals surface area contributed by atoms with Crippen molar-refractivity contribution < 1.29 is 31.8 Å². The highest BCUT2D eigenvalue weighted by atomic mass is 19.4. The lowest BCUT2D eigenvalue weighted by molar-refractivity contribution is -0.141. The van der Waals surface area contributed by atoms with Crippen LogP contribution in [0.5, 0.6) is 0 Å². The molecule has 3 aliphatic rings. The minimum atomic E-state index is -4.40. The topological polar surface area (TPSA) is 74.5 Å². The lowest BCUT2D eigenvalue weighted by Crippen LogP contribution is -2.39. The maximum absolute atomic E-state index is 15.5. The Morgan fingerprint density at radius 1 is 0.977 bits per heavy atom. The predicted octanol–water partition coefficient (Wildman–Crippen LogP) is 6.59. The Balaban J connectivity index is 1.36. The van der Waals surface area contributed by atoms with Gasteiger partial charge < -0.3 is 19.1 Å². The zero-order valence-corrected chi connectivity index (χ0v) is 24.5. The van der Waals surface area contributed by atoms with Crippen LogP contribution in [0.1, 0.15) is 74.4 Å². The molecule has 12 heteroatoms. The first-order valence-corrected chi connectivity index (χ1v) is 15.0. The summed E-state index contributed by atoms with van der Waals surface area (Å²) in [7, 11) is 3.27. The molecular weight excluding hydrogens is 566 g/mol. The van der Waals surface area contributed by atoms with E-state index >= 15 is 4.39 Å². The number of methoxy groups -OCH3 is 2. The third kappa shape index (κ3) is 6.14. The van der Waals surface area contributed by atoms with Crippen LogP contribution in [-0.2, 0) is 20.6 Å². The summed E-state index contributed by atoms with van der Waals surface area (Å²) in [6.07, 6.45) is -0.636. The summed E-state index contributed by atoms with van der Waals surface area (Å²) in [5.74, 6) is 0.298. The first-order valence-electron chi connectivity index (χ1n) is 15.0. The second-order valence-electron chi connectivity index (χ2n) is 11.6. The van der Waals surface area contributed by atoms with Crippen LogP contribution in [0.15, 0.2) is 29.8 Å². The molecule has 2 fully saturated rings. The molecule has 0 spiro atoms. The molecule has 232 valence electrons. The van der Waals surface area contributed by atoms with Crippen molar-refractivity contribution in [3.63, 3.8) is 0 Å². The highest BCUT2D eigenvalue weighted by molar-refractivity contribution is 5.93. The Hall–Kier alpha value is -3.09. The number of alkyl halides is 3. The maximum Gasteiger partial charge on any atom is 0.392 e. The SMILES string of the molecule is COC(OC)C1CCN(c2ccc(C3=C(CC(F)(F)F)CCCc4c3ccc3c4c(F)nn3C3CCCCO3)nn2)CC1. The van der Waals surface area contributed by atoms with Crippen molar-refractivity contribution in [2.24, 2.45) is 5.92 Å². The molecule has 0 amide bonds. The molecule has 1 aliphatic carbocycles. The Morgan fingerprint density at radius 3 is 2.42 bits per heavy atom. The van der Waals surface area contributed by atoms with Crippen LogP contribution in [0.3, 0.4) is 0 Å². The Morgan fingerprint density at radius 2 is 1.77 bits per heavy atom. The van der Waals surface area contributed by atoms with Gasteiger partial charge in [0.15, 0.2) is 18.3 Å².